The molecule has 0 radical (unpaired) electrons. The van der Waals surface area contributed by atoms with E-state index in [1.807, 2.05) is 5.48 Å². The highest BCUT2D eigenvalue weighted by Crippen LogP contribution is 2.37. The number of aryl methyl sites for hydroxylation is 1. The van der Waals surface area contributed by atoms with Crippen molar-refractivity contribution in [1.29, 1.82) is 0 Å². The number of alkyl halides is 3. The van der Waals surface area contributed by atoms with Crippen molar-refractivity contribution in [2.75, 3.05) is 12.4 Å². The molecule has 2 aromatic rings. The Morgan fingerprint density at radius 1 is 1.41 bits per heavy atom. The molecule has 12 heteroatoms. The monoisotopic (exact) mass is 403 g/mol. The van der Waals surface area contributed by atoms with E-state index in [0.717, 1.165) is 0 Å². The zero-order valence-corrected chi connectivity index (χ0v) is 14.8. The van der Waals surface area contributed by atoms with Gasteiger partial charge in [0.15, 0.2) is 0 Å². The van der Waals surface area contributed by atoms with Crippen LogP contribution in [-0.4, -0.2) is 35.0 Å². The van der Waals surface area contributed by atoms with Crippen LogP contribution in [0.4, 0.5) is 19.0 Å². The number of hydroxylamine groups is 1. The lowest BCUT2D eigenvalue weighted by atomic mass is 10.1. The Morgan fingerprint density at radius 2 is 2.15 bits per heavy atom. The van der Waals surface area contributed by atoms with Crippen molar-refractivity contribution in [2.24, 2.45) is 12.0 Å². The number of nitrogens with one attached hydrogen (secondary N) is 2. The molecule has 2 N–H and O–H groups in total. The molecule has 1 aromatic heterocycles. The normalized spacial score (nSPS) is 13.3. The van der Waals surface area contributed by atoms with Crippen molar-refractivity contribution in [2.45, 2.75) is 12.7 Å². The first-order valence-corrected chi connectivity index (χ1v) is 7.83. The van der Waals surface area contributed by atoms with Crippen LogP contribution in [0.5, 0.6) is 5.75 Å². The van der Waals surface area contributed by atoms with Crippen LogP contribution in [0.15, 0.2) is 23.2 Å². The van der Waals surface area contributed by atoms with Crippen molar-refractivity contribution in [1.82, 2.24) is 15.3 Å². The van der Waals surface area contributed by atoms with Crippen LogP contribution in [0, 0.1) is 0 Å². The van der Waals surface area contributed by atoms with Gasteiger partial charge >= 0.3 is 12.1 Å². The molecule has 0 spiro atoms. The van der Waals surface area contributed by atoms with E-state index in [4.69, 9.17) is 16.3 Å². The van der Waals surface area contributed by atoms with E-state index >= 15 is 0 Å². The molecule has 1 aliphatic rings. The maximum atomic E-state index is 12.2. The number of hydrogen-bond acceptors (Lipinski definition) is 7. The van der Waals surface area contributed by atoms with Crippen LogP contribution in [0.1, 0.15) is 5.56 Å². The van der Waals surface area contributed by atoms with Gasteiger partial charge in [-0.1, -0.05) is 11.6 Å². The quantitative estimate of drug-likeness (QED) is 0.749. The van der Waals surface area contributed by atoms with Gasteiger partial charge in [-0.3, -0.25) is 4.68 Å². The standard InChI is InChI=1S/C15H13ClF3N5O3/c1-24-12-9(6-20-14(21-12)23-27-13(25)15(17,18)19)11(22-24)8-5-7(16)3-4-10(8)26-2/h3-5H,6H2,1-2H3,(H2,20,21,23). The molecule has 0 atom stereocenters. The molecular weight excluding hydrogens is 391 g/mol. The average molecular weight is 404 g/mol. The van der Waals surface area contributed by atoms with Crippen molar-refractivity contribution in [3.63, 3.8) is 0 Å². The number of carbonyl (C=O) groups is 1. The van der Waals surface area contributed by atoms with Crippen LogP contribution < -0.4 is 15.5 Å². The summed E-state index contributed by atoms with van der Waals surface area (Å²) >= 11 is 6.06. The van der Waals surface area contributed by atoms with Gasteiger partial charge < -0.3 is 14.9 Å². The predicted molar refractivity (Wildman–Crippen MR) is 90.3 cm³/mol. The molecule has 0 saturated heterocycles. The van der Waals surface area contributed by atoms with Gasteiger partial charge in [0.2, 0.25) is 5.96 Å². The van der Waals surface area contributed by atoms with Crippen LogP contribution in [-0.2, 0) is 23.2 Å². The van der Waals surface area contributed by atoms with Gasteiger partial charge in [0.1, 0.15) is 17.3 Å². The Labute approximate surface area is 155 Å². The molecule has 0 saturated carbocycles. The predicted octanol–water partition coefficient (Wildman–Crippen LogP) is 2.64. The van der Waals surface area contributed by atoms with Crippen molar-refractivity contribution in [3.8, 4) is 17.0 Å². The van der Waals surface area contributed by atoms with Gasteiger partial charge in [-0.25, -0.2) is 9.79 Å². The number of fused-ring (bicyclic) bond motifs is 1. The highest BCUT2D eigenvalue weighted by atomic mass is 35.5. The number of guanidine groups is 1. The van der Waals surface area contributed by atoms with Crippen LogP contribution >= 0.6 is 11.6 Å². The summed E-state index contributed by atoms with van der Waals surface area (Å²) in [5, 5.41) is 7.63. The van der Waals surface area contributed by atoms with Gasteiger partial charge in [-0.2, -0.15) is 23.8 Å². The minimum atomic E-state index is -5.11. The number of aromatic nitrogens is 2. The smallest absolute Gasteiger partial charge is 0.493 e. The Hall–Kier alpha value is -2.95. The Morgan fingerprint density at radius 3 is 2.81 bits per heavy atom. The van der Waals surface area contributed by atoms with E-state index in [-0.39, 0.29) is 12.5 Å². The lowest BCUT2D eigenvalue weighted by Gasteiger charge is -2.17. The zero-order chi connectivity index (χ0) is 19.8. The maximum Gasteiger partial charge on any atom is 0.493 e. The number of rotatable bonds is 2. The summed E-state index contributed by atoms with van der Waals surface area (Å²) < 4.78 is 43.4. The van der Waals surface area contributed by atoms with Gasteiger partial charge in [-0.15, -0.1) is 0 Å². The highest BCUT2D eigenvalue weighted by molar-refractivity contribution is 6.31. The Bertz CT molecular complexity index is 926. The lowest BCUT2D eigenvalue weighted by Crippen LogP contribution is -2.39. The number of hydrogen-bond donors (Lipinski definition) is 2. The fraction of sp³-hybridized carbons (Fsp3) is 0.267. The summed E-state index contributed by atoms with van der Waals surface area (Å²) in [6, 6.07) is 5.06. The number of aliphatic imine (C=N–C) groups is 1. The number of benzene rings is 1. The number of methoxy groups -OCH3 is 1. The van der Waals surface area contributed by atoms with Crippen molar-refractivity contribution < 1.29 is 27.5 Å². The topological polar surface area (TPSA) is 89.8 Å². The maximum absolute atomic E-state index is 12.2. The largest absolute Gasteiger partial charge is 0.496 e. The molecule has 8 nitrogen and oxygen atoms in total. The minimum absolute atomic E-state index is 0.0765. The summed E-state index contributed by atoms with van der Waals surface area (Å²) in [7, 11) is 3.15. The SMILES string of the molecule is COc1ccc(Cl)cc1-c1nn(C)c2c1CN=C(NOC(=O)C(F)(F)F)N2. The van der Waals surface area contributed by atoms with E-state index in [1.165, 1.54) is 11.8 Å². The number of carbonyl (C=O) groups excluding carboxylic acids is 1. The number of halogens is 4. The average Bonchev–Trinajstić information content (AvgIpc) is 2.95. The summed E-state index contributed by atoms with van der Waals surface area (Å²) in [5.74, 6) is -1.53. The lowest BCUT2D eigenvalue weighted by molar-refractivity contribution is -0.203. The van der Waals surface area contributed by atoms with Gasteiger partial charge in [-0.05, 0) is 18.2 Å². The van der Waals surface area contributed by atoms with Crippen LogP contribution in [0.2, 0.25) is 5.02 Å². The fourth-order valence-corrected chi connectivity index (χ4v) is 2.65. The fourth-order valence-electron chi connectivity index (χ4n) is 2.48. The highest BCUT2D eigenvalue weighted by Gasteiger charge is 2.42. The van der Waals surface area contributed by atoms with Gasteiger partial charge in [0.05, 0.1) is 13.7 Å². The molecule has 144 valence electrons. The molecule has 3 rings (SSSR count). The number of ether oxygens (including phenoxy) is 1. The molecule has 27 heavy (non-hydrogen) atoms. The summed E-state index contributed by atoms with van der Waals surface area (Å²) in [6.07, 6.45) is -5.11. The molecule has 0 aliphatic carbocycles. The summed E-state index contributed by atoms with van der Waals surface area (Å²) in [5.41, 5.74) is 3.72. The summed E-state index contributed by atoms with van der Waals surface area (Å²) in [4.78, 5) is 18.8. The Kier molecular flexibility index (Phi) is 4.87. The third-order valence-electron chi connectivity index (χ3n) is 3.67. The first kappa shape index (κ1) is 18.8. The van der Waals surface area contributed by atoms with E-state index in [0.29, 0.717) is 33.4 Å². The third-order valence-corrected chi connectivity index (χ3v) is 3.90. The third kappa shape index (κ3) is 3.77. The van der Waals surface area contributed by atoms with E-state index in [9.17, 15) is 18.0 Å². The van der Waals surface area contributed by atoms with Crippen LogP contribution in [0.3, 0.4) is 0 Å². The van der Waals surface area contributed by atoms with E-state index in [1.54, 1.807) is 25.2 Å². The van der Waals surface area contributed by atoms with Gasteiger partial charge in [0.25, 0.3) is 0 Å². The van der Waals surface area contributed by atoms with Crippen LogP contribution in [0.25, 0.3) is 11.3 Å². The van der Waals surface area contributed by atoms with Gasteiger partial charge in [0, 0.05) is 23.2 Å². The number of nitrogens with zero attached hydrogens (tertiary/aromatic N) is 3. The van der Waals surface area contributed by atoms with Crippen molar-refractivity contribution in [3.05, 3.63) is 28.8 Å². The van der Waals surface area contributed by atoms with E-state index < -0.39 is 12.1 Å². The second-order valence-electron chi connectivity index (χ2n) is 5.42. The molecule has 0 amide bonds. The Balaban J connectivity index is 1.85. The molecule has 1 aromatic carbocycles. The first-order valence-electron chi connectivity index (χ1n) is 7.46. The zero-order valence-electron chi connectivity index (χ0n) is 14.0. The summed E-state index contributed by atoms with van der Waals surface area (Å²) in [6.45, 7) is 0.0765. The minimum Gasteiger partial charge on any atom is -0.496 e. The number of anilines is 1. The molecule has 2 heterocycles. The second-order valence-corrected chi connectivity index (χ2v) is 5.86. The van der Waals surface area contributed by atoms with E-state index in [2.05, 4.69) is 20.2 Å². The first-order chi connectivity index (χ1) is 12.7. The molecule has 0 fully saturated rings. The second kappa shape index (κ2) is 6.99. The molecular formula is C15H13ClF3N5O3. The molecule has 0 unspecified atom stereocenters. The molecule has 0 bridgehead atoms. The van der Waals surface area contributed by atoms with Crippen molar-refractivity contribution >= 4 is 29.3 Å². The molecule has 1 aliphatic heterocycles.